The zero-order valence-corrected chi connectivity index (χ0v) is 13.9. The maximum Gasteiger partial charge on any atom is 0.266 e. The molecule has 1 aliphatic rings. The zero-order chi connectivity index (χ0) is 16.8. The van der Waals surface area contributed by atoms with Crippen molar-refractivity contribution >= 4 is 34.8 Å². The minimum Gasteiger partial charge on any atom is -0.484 e. The fourth-order valence-corrected chi connectivity index (χ4v) is 3.11. The number of carbonyl (C=O) groups excluding carboxylic acids is 2. The van der Waals surface area contributed by atoms with Crippen LogP contribution in [0.5, 0.6) is 5.75 Å². The highest BCUT2D eigenvalue weighted by Crippen LogP contribution is 2.32. The average molecular weight is 333 g/mol. The molecule has 0 spiro atoms. The maximum atomic E-state index is 12.4. The Hall–Kier alpha value is -2.28. The van der Waals surface area contributed by atoms with E-state index >= 15 is 0 Å². The molecule has 0 aromatic heterocycles. The minimum absolute atomic E-state index is 0.0289. The zero-order valence-electron chi connectivity index (χ0n) is 13.1. The summed E-state index contributed by atoms with van der Waals surface area (Å²) in [5.74, 6) is 0.00469. The first-order valence-corrected chi connectivity index (χ1v) is 8.13. The number of benzene rings is 1. The van der Waals surface area contributed by atoms with E-state index in [0.717, 1.165) is 10.7 Å². The van der Waals surface area contributed by atoms with Crippen molar-refractivity contribution in [1.29, 1.82) is 0 Å². The second kappa shape index (κ2) is 7.82. The van der Waals surface area contributed by atoms with Gasteiger partial charge in [-0.15, -0.1) is 0 Å². The summed E-state index contributed by atoms with van der Waals surface area (Å²) in [4.78, 5) is 29.7. The van der Waals surface area contributed by atoms with E-state index in [2.05, 4.69) is 4.99 Å². The van der Waals surface area contributed by atoms with Crippen LogP contribution in [0.4, 0.5) is 0 Å². The quantitative estimate of drug-likeness (QED) is 0.805. The van der Waals surface area contributed by atoms with Gasteiger partial charge in [0.15, 0.2) is 11.8 Å². The second-order valence-electron chi connectivity index (χ2n) is 4.74. The average Bonchev–Trinajstić information content (AvgIpc) is 2.82. The number of nitrogens with zero attached hydrogens (tertiary/aromatic N) is 2. The lowest BCUT2D eigenvalue weighted by Crippen LogP contribution is -2.28. The van der Waals surface area contributed by atoms with E-state index in [4.69, 9.17) is 10.5 Å². The molecule has 1 fully saturated rings. The van der Waals surface area contributed by atoms with Crippen LogP contribution in [0.2, 0.25) is 0 Å². The van der Waals surface area contributed by atoms with Gasteiger partial charge in [-0.05, 0) is 49.4 Å². The van der Waals surface area contributed by atoms with Crippen LogP contribution >= 0.6 is 11.8 Å². The number of primary amides is 1. The Bertz CT molecular complexity index is 653. The number of ether oxygens (including phenoxy) is 1. The van der Waals surface area contributed by atoms with Crippen LogP contribution in [-0.4, -0.2) is 41.6 Å². The molecule has 0 bridgehead atoms. The summed E-state index contributed by atoms with van der Waals surface area (Å²) in [5, 5.41) is 0.743. The van der Waals surface area contributed by atoms with E-state index in [1.54, 1.807) is 17.0 Å². The SMILES string of the molecule is CCN=C1S/C(=C/c2ccc(OCC(N)=O)cc2)C(=O)N1CC. The van der Waals surface area contributed by atoms with Crippen LogP contribution in [-0.2, 0) is 9.59 Å². The molecular weight excluding hydrogens is 314 g/mol. The maximum absolute atomic E-state index is 12.4. The predicted octanol–water partition coefficient (Wildman–Crippen LogP) is 1.86. The van der Waals surface area contributed by atoms with Crippen molar-refractivity contribution in [1.82, 2.24) is 4.90 Å². The van der Waals surface area contributed by atoms with Gasteiger partial charge in [-0.3, -0.25) is 19.5 Å². The van der Waals surface area contributed by atoms with Gasteiger partial charge in [0, 0.05) is 13.1 Å². The molecule has 2 rings (SSSR count). The van der Waals surface area contributed by atoms with Crippen LogP contribution in [0.15, 0.2) is 34.2 Å². The van der Waals surface area contributed by atoms with Gasteiger partial charge in [-0.25, -0.2) is 0 Å². The van der Waals surface area contributed by atoms with E-state index < -0.39 is 5.91 Å². The van der Waals surface area contributed by atoms with E-state index in [1.807, 2.05) is 32.1 Å². The first-order valence-electron chi connectivity index (χ1n) is 7.32. The number of nitrogens with two attached hydrogens (primary N) is 1. The summed E-state index contributed by atoms with van der Waals surface area (Å²) in [6.07, 6.45) is 1.83. The third-order valence-electron chi connectivity index (χ3n) is 3.06. The molecule has 6 nitrogen and oxygen atoms in total. The highest BCUT2D eigenvalue weighted by atomic mass is 32.2. The topological polar surface area (TPSA) is 85.0 Å². The molecule has 1 heterocycles. The summed E-state index contributed by atoms with van der Waals surface area (Å²) in [6.45, 7) is 4.96. The first kappa shape index (κ1) is 17.1. The Balaban J connectivity index is 2.13. The standard InChI is InChI=1S/C16H19N3O3S/c1-3-18-16-19(4-2)15(21)13(23-16)9-11-5-7-12(8-6-11)22-10-14(17)20/h5-9H,3-4,10H2,1-2H3,(H2,17,20)/b13-9+,18-16?. The molecule has 1 saturated heterocycles. The number of likely N-dealkylation sites (N-methyl/N-ethyl adjacent to an activating group) is 1. The van der Waals surface area contributed by atoms with Crippen molar-refractivity contribution in [2.75, 3.05) is 19.7 Å². The number of aliphatic imine (C=N–C) groups is 1. The molecule has 23 heavy (non-hydrogen) atoms. The van der Waals surface area contributed by atoms with Crippen LogP contribution in [0, 0.1) is 0 Å². The Morgan fingerprint density at radius 3 is 2.61 bits per heavy atom. The number of thioether (sulfide) groups is 1. The van der Waals surface area contributed by atoms with Crippen molar-refractivity contribution in [3.05, 3.63) is 34.7 Å². The van der Waals surface area contributed by atoms with Crippen LogP contribution < -0.4 is 10.5 Å². The number of amides is 2. The molecule has 1 aromatic carbocycles. The second-order valence-corrected chi connectivity index (χ2v) is 5.75. The summed E-state index contributed by atoms with van der Waals surface area (Å²) < 4.78 is 5.20. The van der Waals surface area contributed by atoms with Gasteiger partial charge in [0.05, 0.1) is 4.91 Å². The molecule has 0 saturated carbocycles. The molecule has 0 atom stereocenters. The lowest BCUT2D eigenvalue weighted by Gasteiger charge is -2.11. The van der Waals surface area contributed by atoms with Gasteiger partial charge in [-0.1, -0.05) is 12.1 Å². The fourth-order valence-electron chi connectivity index (χ4n) is 2.01. The molecule has 2 N–H and O–H groups in total. The van der Waals surface area contributed by atoms with Crippen molar-refractivity contribution in [3.8, 4) is 5.75 Å². The van der Waals surface area contributed by atoms with Gasteiger partial charge < -0.3 is 10.5 Å². The van der Waals surface area contributed by atoms with Gasteiger partial charge in [0.25, 0.3) is 11.8 Å². The largest absolute Gasteiger partial charge is 0.484 e. The van der Waals surface area contributed by atoms with E-state index in [-0.39, 0.29) is 12.5 Å². The Morgan fingerprint density at radius 1 is 1.35 bits per heavy atom. The van der Waals surface area contributed by atoms with Crippen molar-refractivity contribution in [3.63, 3.8) is 0 Å². The van der Waals surface area contributed by atoms with Gasteiger partial charge in [-0.2, -0.15) is 0 Å². The monoisotopic (exact) mass is 333 g/mol. The molecule has 0 radical (unpaired) electrons. The number of hydrogen-bond acceptors (Lipinski definition) is 5. The molecule has 0 unspecified atom stereocenters. The lowest BCUT2D eigenvalue weighted by atomic mass is 10.2. The van der Waals surface area contributed by atoms with Crippen molar-refractivity contribution in [2.45, 2.75) is 13.8 Å². The highest BCUT2D eigenvalue weighted by Gasteiger charge is 2.31. The molecule has 7 heteroatoms. The van der Waals surface area contributed by atoms with E-state index in [0.29, 0.717) is 23.7 Å². The van der Waals surface area contributed by atoms with Gasteiger partial charge in [0.1, 0.15) is 5.75 Å². The summed E-state index contributed by atoms with van der Waals surface area (Å²) >= 11 is 1.38. The first-order chi connectivity index (χ1) is 11.0. The molecule has 0 aliphatic carbocycles. The Labute approximate surface area is 139 Å². The molecular formula is C16H19N3O3S. The van der Waals surface area contributed by atoms with Crippen molar-refractivity contribution in [2.24, 2.45) is 10.7 Å². The Morgan fingerprint density at radius 2 is 2.04 bits per heavy atom. The minimum atomic E-state index is -0.522. The third kappa shape index (κ3) is 4.35. The normalized spacial score (nSPS) is 18.0. The number of amidine groups is 1. The molecule has 2 amide bonds. The number of rotatable bonds is 6. The van der Waals surface area contributed by atoms with E-state index in [9.17, 15) is 9.59 Å². The lowest BCUT2D eigenvalue weighted by molar-refractivity contribution is -0.122. The van der Waals surface area contributed by atoms with Gasteiger partial charge >= 0.3 is 0 Å². The van der Waals surface area contributed by atoms with Gasteiger partial charge in [0.2, 0.25) is 0 Å². The fraction of sp³-hybridized carbons (Fsp3) is 0.312. The predicted molar refractivity (Wildman–Crippen MR) is 92.1 cm³/mol. The highest BCUT2D eigenvalue weighted by molar-refractivity contribution is 8.18. The summed E-state index contributed by atoms with van der Waals surface area (Å²) in [5.41, 5.74) is 5.90. The molecule has 122 valence electrons. The Kier molecular flexibility index (Phi) is 5.81. The molecule has 1 aliphatic heterocycles. The van der Waals surface area contributed by atoms with Crippen LogP contribution in [0.25, 0.3) is 6.08 Å². The third-order valence-corrected chi connectivity index (χ3v) is 4.10. The van der Waals surface area contributed by atoms with Crippen LogP contribution in [0.1, 0.15) is 19.4 Å². The number of hydrogen-bond donors (Lipinski definition) is 1. The van der Waals surface area contributed by atoms with Crippen LogP contribution in [0.3, 0.4) is 0 Å². The molecule has 1 aromatic rings. The summed E-state index contributed by atoms with van der Waals surface area (Å²) in [6, 6.07) is 7.11. The number of carbonyl (C=O) groups is 2. The van der Waals surface area contributed by atoms with Crippen molar-refractivity contribution < 1.29 is 14.3 Å². The smallest absolute Gasteiger partial charge is 0.266 e. The summed E-state index contributed by atoms with van der Waals surface area (Å²) in [7, 11) is 0. The van der Waals surface area contributed by atoms with E-state index in [1.165, 1.54) is 11.8 Å².